The van der Waals surface area contributed by atoms with Crippen LogP contribution in [-0.4, -0.2) is 16.5 Å². The Bertz CT molecular complexity index is 169. The minimum atomic E-state index is -1.07. The minimum Gasteiger partial charge on any atom is -0.382 e. The molecule has 70 valence electrons. The SMILES string of the molecule is CCC(C)(O)C(=O)CC1CCC1. The molecule has 0 aromatic heterocycles. The zero-order valence-electron chi connectivity index (χ0n) is 7.97. The van der Waals surface area contributed by atoms with E-state index in [9.17, 15) is 9.90 Å². The number of carbonyl (C=O) groups excluding carboxylic acids is 1. The van der Waals surface area contributed by atoms with E-state index in [-0.39, 0.29) is 5.78 Å². The number of carbonyl (C=O) groups is 1. The molecule has 1 aliphatic rings. The van der Waals surface area contributed by atoms with Crippen LogP contribution in [0.15, 0.2) is 0 Å². The Kier molecular flexibility index (Phi) is 2.89. The van der Waals surface area contributed by atoms with Crippen LogP contribution < -0.4 is 0 Å². The second kappa shape index (κ2) is 3.56. The lowest BCUT2D eigenvalue weighted by Crippen LogP contribution is -2.36. The fourth-order valence-corrected chi connectivity index (χ4v) is 1.38. The summed E-state index contributed by atoms with van der Waals surface area (Å²) in [6, 6.07) is 0. The second-order valence-electron chi connectivity index (χ2n) is 4.05. The molecule has 1 atom stereocenters. The standard InChI is InChI=1S/C10H18O2/c1-3-10(2,12)9(11)7-8-5-4-6-8/h8,12H,3-7H2,1-2H3. The van der Waals surface area contributed by atoms with Gasteiger partial charge in [-0.1, -0.05) is 26.2 Å². The molecule has 1 N–H and O–H groups in total. The van der Waals surface area contributed by atoms with Gasteiger partial charge in [0.15, 0.2) is 5.78 Å². The van der Waals surface area contributed by atoms with Crippen molar-refractivity contribution in [3.63, 3.8) is 0 Å². The summed E-state index contributed by atoms with van der Waals surface area (Å²) in [7, 11) is 0. The number of Topliss-reactive ketones (excluding diaryl/α,β-unsaturated/α-hetero) is 1. The van der Waals surface area contributed by atoms with Crippen LogP contribution in [0.5, 0.6) is 0 Å². The first kappa shape index (κ1) is 9.72. The predicted molar refractivity (Wildman–Crippen MR) is 47.9 cm³/mol. The van der Waals surface area contributed by atoms with E-state index in [0.717, 1.165) is 0 Å². The molecule has 0 heterocycles. The molecule has 0 radical (unpaired) electrons. The maximum absolute atomic E-state index is 11.4. The molecule has 1 aliphatic carbocycles. The average molecular weight is 170 g/mol. The molecule has 1 unspecified atom stereocenters. The lowest BCUT2D eigenvalue weighted by Gasteiger charge is -2.28. The van der Waals surface area contributed by atoms with Gasteiger partial charge in [0, 0.05) is 6.42 Å². The van der Waals surface area contributed by atoms with Crippen LogP contribution in [0.3, 0.4) is 0 Å². The molecule has 0 saturated heterocycles. The lowest BCUT2D eigenvalue weighted by atomic mass is 9.79. The highest BCUT2D eigenvalue weighted by Crippen LogP contribution is 2.31. The number of hydrogen-bond acceptors (Lipinski definition) is 2. The number of aliphatic hydroxyl groups is 1. The van der Waals surface area contributed by atoms with E-state index in [0.29, 0.717) is 18.8 Å². The molecule has 0 aliphatic heterocycles. The Labute approximate surface area is 74.0 Å². The van der Waals surface area contributed by atoms with Gasteiger partial charge in [0.25, 0.3) is 0 Å². The molecule has 0 amide bonds. The molecule has 1 rings (SSSR count). The minimum absolute atomic E-state index is 0.0229. The van der Waals surface area contributed by atoms with Gasteiger partial charge in [-0.2, -0.15) is 0 Å². The zero-order chi connectivity index (χ0) is 9.19. The third-order valence-electron chi connectivity index (χ3n) is 2.99. The van der Waals surface area contributed by atoms with Crippen molar-refractivity contribution in [2.75, 3.05) is 0 Å². The van der Waals surface area contributed by atoms with Gasteiger partial charge in [-0.15, -0.1) is 0 Å². The van der Waals surface area contributed by atoms with Crippen molar-refractivity contribution in [3.8, 4) is 0 Å². The molecule has 0 aromatic carbocycles. The Hall–Kier alpha value is -0.370. The van der Waals surface area contributed by atoms with Crippen molar-refractivity contribution in [2.45, 2.75) is 51.6 Å². The van der Waals surface area contributed by atoms with E-state index < -0.39 is 5.60 Å². The van der Waals surface area contributed by atoms with Gasteiger partial charge in [0.05, 0.1) is 0 Å². The summed E-state index contributed by atoms with van der Waals surface area (Å²) in [6.07, 6.45) is 4.71. The lowest BCUT2D eigenvalue weighted by molar-refractivity contribution is -0.137. The number of hydrogen-bond donors (Lipinski definition) is 1. The smallest absolute Gasteiger partial charge is 0.164 e. The van der Waals surface area contributed by atoms with Gasteiger partial charge in [-0.3, -0.25) is 4.79 Å². The topological polar surface area (TPSA) is 37.3 Å². The predicted octanol–water partition coefficient (Wildman–Crippen LogP) is 1.91. The van der Waals surface area contributed by atoms with Gasteiger partial charge >= 0.3 is 0 Å². The van der Waals surface area contributed by atoms with E-state index in [1.807, 2.05) is 6.92 Å². The summed E-state index contributed by atoms with van der Waals surface area (Å²) in [4.78, 5) is 11.4. The number of ketones is 1. The van der Waals surface area contributed by atoms with E-state index in [4.69, 9.17) is 0 Å². The first-order valence-electron chi connectivity index (χ1n) is 4.82. The third kappa shape index (κ3) is 2.07. The van der Waals surface area contributed by atoms with Crippen LogP contribution in [-0.2, 0) is 4.79 Å². The Balaban J connectivity index is 2.35. The van der Waals surface area contributed by atoms with Gasteiger partial charge in [0.2, 0.25) is 0 Å². The van der Waals surface area contributed by atoms with E-state index in [1.165, 1.54) is 19.3 Å². The zero-order valence-corrected chi connectivity index (χ0v) is 7.97. The van der Waals surface area contributed by atoms with Crippen LogP contribution in [0, 0.1) is 5.92 Å². The Morgan fingerprint density at radius 2 is 2.17 bits per heavy atom. The summed E-state index contributed by atoms with van der Waals surface area (Å²) in [5, 5.41) is 9.61. The van der Waals surface area contributed by atoms with Crippen molar-refractivity contribution >= 4 is 5.78 Å². The van der Waals surface area contributed by atoms with E-state index >= 15 is 0 Å². The molecule has 0 bridgehead atoms. The summed E-state index contributed by atoms with van der Waals surface area (Å²) >= 11 is 0. The van der Waals surface area contributed by atoms with Gasteiger partial charge in [-0.05, 0) is 19.3 Å². The van der Waals surface area contributed by atoms with Crippen LogP contribution in [0.25, 0.3) is 0 Å². The van der Waals surface area contributed by atoms with Crippen LogP contribution in [0.1, 0.15) is 46.0 Å². The fourth-order valence-electron chi connectivity index (χ4n) is 1.38. The first-order valence-corrected chi connectivity index (χ1v) is 4.82. The largest absolute Gasteiger partial charge is 0.382 e. The quantitative estimate of drug-likeness (QED) is 0.699. The molecule has 12 heavy (non-hydrogen) atoms. The third-order valence-corrected chi connectivity index (χ3v) is 2.99. The molecule has 2 nitrogen and oxygen atoms in total. The van der Waals surface area contributed by atoms with Crippen molar-refractivity contribution in [3.05, 3.63) is 0 Å². The van der Waals surface area contributed by atoms with Crippen molar-refractivity contribution in [1.82, 2.24) is 0 Å². The molecule has 0 aromatic rings. The number of rotatable bonds is 4. The summed E-state index contributed by atoms with van der Waals surface area (Å²) < 4.78 is 0. The van der Waals surface area contributed by atoms with Gasteiger partial charge < -0.3 is 5.11 Å². The average Bonchev–Trinajstić information content (AvgIpc) is 1.96. The van der Waals surface area contributed by atoms with Gasteiger partial charge in [-0.25, -0.2) is 0 Å². The Morgan fingerprint density at radius 1 is 1.58 bits per heavy atom. The van der Waals surface area contributed by atoms with Crippen LogP contribution in [0.4, 0.5) is 0 Å². The van der Waals surface area contributed by atoms with Crippen molar-refractivity contribution in [1.29, 1.82) is 0 Å². The van der Waals surface area contributed by atoms with Gasteiger partial charge in [0.1, 0.15) is 5.60 Å². The van der Waals surface area contributed by atoms with Crippen molar-refractivity contribution < 1.29 is 9.90 Å². The normalized spacial score (nSPS) is 22.9. The van der Waals surface area contributed by atoms with Crippen LogP contribution >= 0.6 is 0 Å². The molecular formula is C10H18O2. The van der Waals surface area contributed by atoms with E-state index in [2.05, 4.69) is 0 Å². The highest BCUT2D eigenvalue weighted by molar-refractivity contribution is 5.86. The second-order valence-corrected chi connectivity index (χ2v) is 4.05. The monoisotopic (exact) mass is 170 g/mol. The molecule has 1 fully saturated rings. The molecular weight excluding hydrogens is 152 g/mol. The van der Waals surface area contributed by atoms with E-state index in [1.54, 1.807) is 6.92 Å². The molecule has 1 saturated carbocycles. The van der Waals surface area contributed by atoms with Crippen LogP contribution in [0.2, 0.25) is 0 Å². The maximum Gasteiger partial charge on any atom is 0.164 e. The molecule has 2 heteroatoms. The van der Waals surface area contributed by atoms with Crippen molar-refractivity contribution in [2.24, 2.45) is 5.92 Å². The summed E-state index contributed by atoms with van der Waals surface area (Å²) in [6.45, 7) is 3.46. The summed E-state index contributed by atoms with van der Waals surface area (Å²) in [5.41, 5.74) is -1.07. The Morgan fingerprint density at radius 3 is 2.50 bits per heavy atom. The molecule has 0 spiro atoms. The summed E-state index contributed by atoms with van der Waals surface area (Å²) in [5.74, 6) is 0.588. The highest BCUT2D eigenvalue weighted by Gasteiger charge is 2.31. The highest BCUT2D eigenvalue weighted by atomic mass is 16.3. The maximum atomic E-state index is 11.4. The first-order chi connectivity index (χ1) is 5.56. The fraction of sp³-hybridized carbons (Fsp3) is 0.900.